The Labute approximate surface area is 143 Å². The highest BCUT2D eigenvalue weighted by molar-refractivity contribution is 5.98. The van der Waals surface area contributed by atoms with E-state index in [0.29, 0.717) is 11.3 Å². The summed E-state index contributed by atoms with van der Waals surface area (Å²) in [5.41, 5.74) is 2.16. The molecule has 6 heteroatoms. The summed E-state index contributed by atoms with van der Waals surface area (Å²) in [6, 6.07) is 1.58. The second-order valence-corrected chi connectivity index (χ2v) is 7.45. The third-order valence-electron chi connectivity index (χ3n) is 4.14. The molecule has 132 valence electrons. The number of hydrogen-bond acceptors (Lipinski definition) is 4. The Bertz CT molecular complexity index is 716. The Balaban J connectivity index is 2.16. The lowest BCUT2D eigenvalue weighted by Crippen LogP contribution is -2.38. The van der Waals surface area contributed by atoms with E-state index in [1.165, 1.54) is 0 Å². The maximum Gasteiger partial charge on any atom is 0.253 e. The van der Waals surface area contributed by atoms with Crippen LogP contribution in [0, 0.1) is 12.3 Å². The number of aryl methyl sites for hydroxylation is 2. The fourth-order valence-corrected chi connectivity index (χ4v) is 2.64. The standard InChI is InChI=1S/C18H28N4O2/c1-6-22-16-13(10-19-22)9-15(12(2)20-16)17(24)21-14(11-23)7-8-18(3,4)5/h9-10,14,23H,6-8,11H2,1-5H3,(H,21,24). The van der Waals surface area contributed by atoms with Gasteiger partial charge in [-0.05, 0) is 38.2 Å². The third-order valence-corrected chi connectivity index (χ3v) is 4.14. The molecule has 2 heterocycles. The zero-order valence-corrected chi connectivity index (χ0v) is 15.3. The molecule has 0 aliphatic carbocycles. The Kier molecular flexibility index (Phi) is 5.59. The third kappa shape index (κ3) is 4.32. The molecule has 2 aromatic rings. The van der Waals surface area contributed by atoms with Gasteiger partial charge in [-0.25, -0.2) is 9.67 Å². The van der Waals surface area contributed by atoms with Crippen LogP contribution in [0.5, 0.6) is 0 Å². The molecule has 24 heavy (non-hydrogen) atoms. The van der Waals surface area contributed by atoms with Gasteiger partial charge in [0, 0.05) is 11.9 Å². The maximum absolute atomic E-state index is 12.6. The predicted molar refractivity (Wildman–Crippen MR) is 95.0 cm³/mol. The van der Waals surface area contributed by atoms with E-state index >= 15 is 0 Å². The number of hydrogen-bond donors (Lipinski definition) is 2. The molecule has 0 fully saturated rings. The summed E-state index contributed by atoms with van der Waals surface area (Å²) in [5.74, 6) is -0.195. The van der Waals surface area contributed by atoms with E-state index in [1.54, 1.807) is 6.20 Å². The second kappa shape index (κ2) is 7.30. The second-order valence-electron chi connectivity index (χ2n) is 7.45. The van der Waals surface area contributed by atoms with Crippen LogP contribution in [-0.2, 0) is 6.54 Å². The fraction of sp³-hybridized carbons (Fsp3) is 0.611. The van der Waals surface area contributed by atoms with Crippen molar-refractivity contribution in [2.75, 3.05) is 6.61 Å². The summed E-state index contributed by atoms with van der Waals surface area (Å²) < 4.78 is 1.81. The average Bonchev–Trinajstić information content (AvgIpc) is 2.91. The van der Waals surface area contributed by atoms with Crippen molar-refractivity contribution >= 4 is 16.9 Å². The molecule has 1 unspecified atom stereocenters. The van der Waals surface area contributed by atoms with Crippen LogP contribution in [0.4, 0.5) is 0 Å². The minimum absolute atomic E-state index is 0.0652. The van der Waals surface area contributed by atoms with Gasteiger partial charge < -0.3 is 10.4 Å². The van der Waals surface area contributed by atoms with Crippen LogP contribution in [0.15, 0.2) is 12.3 Å². The first-order valence-corrected chi connectivity index (χ1v) is 8.50. The molecule has 0 aliphatic heterocycles. The van der Waals surface area contributed by atoms with Crippen LogP contribution in [-0.4, -0.2) is 38.4 Å². The maximum atomic E-state index is 12.6. The van der Waals surface area contributed by atoms with Crippen molar-refractivity contribution in [3.8, 4) is 0 Å². The van der Waals surface area contributed by atoms with Crippen molar-refractivity contribution < 1.29 is 9.90 Å². The van der Waals surface area contributed by atoms with Gasteiger partial charge in [0.2, 0.25) is 0 Å². The van der Waals surface area contributed by atoms with E-state index in [2.05, 4.69) is 36.2 Å². The summed E-state index contributed by atoms with van der Waals surface area (Å²) >= 11 is 0. The highest BCUT2D eigenvalue weighted by atomic mass is 16.3. The summed E-state index contributed by atoms with van der Waals surface area (Å²) in [7, 11) is 0. The average molecular weight is 332 g/mol. The molecule has 0 bridgehead atoms. The number of amides is 1. The molecule has 1 amide bonds. The Hall–Kier alpha value is -1.95. The predicted octanol–water partition coefficient (Wildman–Crippen LogP) is 2.68. The first kappa shape index (κ1) is 18.4. The highest BCUT2D eigenvalue weighted by Gasteiger charge is 2.19. The van der Waals surface area contributed by atoms with Crippen molar-refractivity contribution in [2.45, 2.75) is 60.0 Å². The van der Waals surface area contributed by atoms with Crippen LogP contribution in [0.1, 0.15) is 56.6 Å². The molecule has 2 aromatic heterocycles. The fourth-order valence-electron chi connectivity index (χ4n) is 2.64. The molecule has 0 spiro atoms. The first-order valence-electron chi connectivity index (χ1n) is 8.50. The van der Waals surface area contributed by atoms with Crippen LogP contribution < -0.4 is 5.32 Å². The number of nitrogens with zero attached hydrogens (tertiary/aromatic N) is 3. The van der Waals surface area contributed by atoms with E-state index in [4.69, 9.17) is 0 Å². The van der Waals surface area contributed by atoms with E-state index in [1.807, 2.05) is 24.6 Å². The minimum atomic E-state index is -0.245. The molecule has 0 saturated carbocycles. The number of aromatic nitrogens is 3. The summed E-state index contributed by atoms with van der Waals surface area (Å²) in [6.07, 6.45) is 3.40. The quantitative estimate of drug-likeness (QED) is 0.852. The summed E-state index contributed by atoms with van der Waals surface area (Å²) in [4.78, 5) is 17.1. The van der Waals surface area contributed by atoms with Crippen molar-refractivity contribution in [3.63, 3.8) is 0 Å². The van der Waals surface area contributed by atoms with Gasteiger partial charge in [0.05, 0.1) is 30.1 Å². The number of rotatable bonds is 6. The Morgan fingerprint density at radius 2 is 2.12 bits per heavy atom. The molecule has 0 saturated heterocycles. The van der Waals surface area contributed by atoms with E-state index in [9.17, 15) is 9.90 Å². The normalized spacial score (nSPS) is 13.2. The van der Waals surface area contributed by atoms with Crippen molar-refractivity contribution in [1.29, 1.82) is 0 Å². The summed E-state index contributed by atoms with van der Waals surface area (Å²) in [6.45, 7) is 10.9. The zero-order chi connectivity index (χ0) is 17.9. The summed E-state index contributed by atoms with van der Waals surface area (Å²) in [5, 5.41) is 17.6. The SMILES string of the molecule is CCn1ncc2cc(C(=O)NC(CO)CCC(C)(C)C)c(C)nc21. The molecule has 6 nitrogen and oxygen atoms in total. The molecule has 0 aliphatic rings. The molecule has 2 N–H and O–H groups in total. The monoisotopic (exact) mass is 332 g/mol. The van der Waals surface area contributed by atoms with Crippen molar-refractivity contribution in [2.24, 2.45) is 5.41 Å². The van der Waals surface area contributed by atoms with E-state index < -0.39 is 0 Å². The highest BCUT2D eigenvalue weighted by Crippen LogP contribution is 2.22. The van der Waals surface area contributed by atoms with Gasteiger partial charge in [0.1, 0.15) is 0 Å². The van der Waals surface area contributed by atoms with Gasteiger partial charge in [0.15, 0.2) is 5.65 Å². The number of carbonyl (C=O) groups excluding carboxylic acids is 1. The zero-order valence-electron chi connectivity index (χ0n) is 15.3. The number of aliphatic hydroxyl groups is 1. The van der Waals surface area contributed by atoms with Crippen LogP contribution in [0.25, 0.3) is 11.0 Å². The molecule has 0 radical (unpaired) electrons. The van der Waals surface area contributed by atoms with Gasteiger partial charge in [-0.15, -0.1) is 0 Å². The largest absolute Gasteiger partial charge is 0.394 e. The molecule has 0 aromatic carbocycles. The number of pyridine rings is 1. The van der Waals surface area contributed by atoms with Crippen molar-refractivity contribution in [1.82, 2.24) is 20.1 Å². The van der Waals surface area contributed by atoms with Gasteiger partial charge in [0.25, 0.3) is 5.91 Å². The van der Waals surface area contributed by atoms with Gasteiger partial charge in [-0.3, -0.25) is 4.79 Å². The number of fused-ring (bicyclic) bond motifs is 1. The van der Waals surface area contributed by atoms with Crippen LogP contribution >= 0.6 is 0 Å². The lowest BCUT2D eigenvalue weighted by Gasteiger charge is -2.23. The Morgan fingerprint density at radius 3 is 2.71 bits per heavy atom. The van der Waals surface area contributed by atoms with Gasteiger partial charge >= 0.3 is 0 Å². The van der Waals surface area contributed by atoms with Crippen LogP contribution in [0.2, 0.25) is 0 Å². The molecule has 1 atom stereocenters. The minimum Gasteiger partial charge on any atom is -0.394 e. The van der Waals surface area contributed by atoms with Gasteiger partial charge in [-0.2, -0.15) is 5.10 Å². The lowest BCUT2D eigenvalue weighted by atomic mass is 9.89. The molecule has 2 rings (SSSR count). The van der Waals surface area contributed by atoms with Crippen molar-refractivity contribution in [3.05, 3.63) is 23.5 Å². The first-order chi connectivity index (χ1) is 11.2. The topological polar surface area (TPSA) is 80.0 Å². The number of nitrogens with one attached hydrogen (secondary N) is 1. The van der Waals surface area contributed by atoms with E-state index in [-0.39, 0.29) is 24.0 Å². The smallest absolute Gasteiger partial charge is 0.253 e. The Morgan fingerprint density at radius 1 is 1.42 bits per heavy atom. The van der Waals surface area contributed by atoms with Gasteiger partial charge in [-0.1, -0.05) is 20.8 Å². The number of aliphatic hydroxyl groups excluding tert-OH is 1. The lowest BCUT2D eigenvalue weighted by molar-refractivity contribution is 0.0906. The number of carbonyl (C=O) groups is 1. The van der Waals surface area contributed by atoms with E-state index in [0.717, 1.165) is 30.4 Å². The molecular weight excluding hydrogens is 304 g/mol. The van der Waals surface area contributed by atoms with Crippen LogP contribution in [0.3, 0.4) is 0 Å². The molecular formula is C18H28N4O2.